The summed E-state index contributed by atoms with van der Waals surface area (Å²) >= 11 is 5.02. The maximum absolute atomic E-state index is 5.67. The molecule has 0 atom stereocenters. The Labute approximate surface area is 95.4 Å². The molecule has 80 valence electrons. The summed E-state index contributed by atoms with van der Waals surface area (Å²) in [5, 5.41) is 4.55. The summed E-state index contributed by atoms with van der Waals surface area (Å²) in [5.41, 5.74) is 8.09. The lowest BCUT2D eigenvalue weighted by molar-refractivity contribution is 0.482. The van der Waals surface area contributed by atoms with E-state index in [-0.39, 0.29) is 0 Å². The van der Waals surface area contributed by atoms with Crippen molar-refractivity contribution in [2.24, 2.45) is 5.73 Å². The van der Waals surface area contributed by atoms with Crippen LogP contribution in [0, 0.1) is 6.92 Å². The Morgan fingerprint density at radius 1 is 1.27 bits per heavy atom. The van der Waals surface area contributed by atoms with Crippen LogP contribution in [0.2, 0.25) is 0 Å². The molecule has 4 heteroatoms. The van der Waals surface area contributed by atoms with Crippen LogP contribution in [0.1, 0.15) is 12.0 Å². The number of benzene rings is 1. The zero-order valence-corrected chi connectivity index (χ0v) is 9.63. The molecule has 1 heterocycles. The van der Waals surface area contributed by atoms with Gasteiger partial charge < -0.3 is 5.73 Å². The second-order valence-corrected chi connectivity index (χ2v) is 4.19. The SMILES string of the molecule is Cc1ccc(N2CCCN2C(N)=S)cc1. The lowest BCUT2D eigenvalue weighted by atomic mass is 10.2. The van der Waals surface area contributed by atoms with Crippen molar-refractivity contribution in [3.05, 3.63) is 29.8 Å². The number of hydrogen-bond donors (Lipinski definition) is 1. The highest BCUT2D eigenvalue weighted by atomic mass is 32.1. The fourth-order valence-electron chi connectivity index (χ4n) is 1.83. The Morgan fingerprint density at radius 2 is 1.93 bits per heavy atom. The first-order chi connectivity index (χ1) is 7.18. The van der Waals surface area contributed by atoms with Crippen molar-refractivity contribution in [3.63, 3.8) is 0 Å². The van der Waals surface area contributed by atoms with Crippen LogP contribution in [0.25, 0.3) is 0 Å². The molecule has 0 radical (unpaired) electrons. The third kappa shape index (κ3) is 2.04. The van der Waals surface area contributed by atoms with E-state index in [1.165, 1.54) is 5.56 Å². The minimum absolute atomic E-state index is 0.452. The van der Waals surface area contributed by atoms with Gasteiger partial charge in [-0.2, -0.15) is 0 Å². The summed E-state index contributed by atoms with van der Waals surface area (Å²) < 4.78 is 0. The molecule has 0 bridgehead atoms. The smallest absolute Gasteiger partial charge is 0.185 e. The number of anilines is 1. The van der Waals surface area contributed by atoms with Crippen LogP contribution < -0.4 is 10.7 Å². The minimum atomic E-state index is 0.452. The topological polar surface area (TPSA) is 32.5 Å². The lowest BCUT2D eigenvalue weighted by Crippen LogP contribution is -2.44. The number of nitrogens with zero attached hydrogens (tertiary/aromatic N) is 2. The van der Waals surface area contributed by atoms with Crippen LogP contribution >= 0.6 is 12.2 Å². The predicted octanol–water partition coefficient (Wildman–Crippen LogP) is 1.67. The number of aryl methyl sites for hydroxylation is 1. The van der Waals surface area contributed by atoms with E-state index in [4.69, 9.17) is 18.0 Å². The molecule has 2 rings (SSSR count). The summed E-state index contributed by atoms with van der Waals surface area (Å²) in [7, 11) is 0. The molecule has 1 fully saturated rings. The summed E-state index contributed by atoms with van der Waals surface area (Å²) in [6, 6.07) is 8.41. The van der Waals surface area contributed by atoms with E-state index in [1.807, 2.05) is 5.01 Å². The monoisotopic (exact) mass is 221 g/mol. The average molecular weight is 221 g/mol. The van der Waals surface area contributed by atoms with Crippen LogP contribution in [0.3, 0.4) is 0 Å². The second-order valence-electron chi connectivity index (χ2n) is 3.77. The summed E-state index contributed by atoms with van der Waals surface area (Å²) in [6.07, 6.45) is 1.10. The van der Waals surface area contributed by atoms with E-state index in [0.717, 1.165) is 25.2 Å². The first-order valence-electron chi connectivity index (χ1n) is 5.09. The van der Waals surface area contributed by atoms with Gasteiger partial charge in [0.25, 0.3) is 0 Å². The van der Waals surface area contributed by atoms with Crippen LogP contribution in [-0.4, -0.2) is 23.2 Å². The van der Waals surface area contributed by atoms with Gasteiger partial charge in [-0.1, -0.05) is 17.7 Å². The van der Waals surface area contributed by atoms with Gasteiger partial charge in [0.1, 0.15) is 0 Å². The van der Waals surface area contributed by atoms with Crippen molar-refractivity contribution in [2.75, 3.05) is 18.1 Å². The largest absolute Gasteiger partial charge is 0.375 e. The van der Waals surface area contributed by atoms with E-state index < -0.39 is 0 Å². The third-order valence-electron chi connectivity index (χ3n) is 2.62. The Morgan fingerprint density at radius 3 is 2.53 bits per heavy atom. The summed E-state index contributed by atoms with van der Waals surface area (Å²) in [6.45, 7) is 3.99. The van der Waals surface area contributed by atoms with Crippen molar-refractivity contribution in [2.45, 2.75) is 13.3 Å². The quantitative estimate of drug-likeness (QED) is 0.731. The first kappa shape index (κ1) is 10.2. The number of nitrogens with two attached hydrogens (primary N) is 1. The molecule has 3 nitrogen and oxygen atoms in total. The van der Waals surface area contributed by atoms with Gasteiger partial charge in [-0.15, -0.1) is 0 Å². The molecule has 1 saturated heterocycles. The van der Waals surface area contributed by atoms with Crippen molar-refractivity contribution in [1.29, 1.82) is 0 Å². The van der Waals surface area contributed by atoms with Crippen LogP contribution in [-0.2, 0) is 0 Å². The maximum atomic E-state index is 5.67. The number of hydrogen-bond acceptors (Lipinski definition) is 2. The van der Waals surface area contributed by atoms with Crippen molar-refractivity contribution in [1.82, 2.24) is 5.01 Å². The molecule has 1 aromatic rings. The molecule has 2 N–H and O–H groups in total. The standard InChI is InChI=1S/C11H15N3S/c1-9-3-5-10(6-4-9)13-7-2-8-14(13)11(12)15/h3-6H,2,7-8H2,1H3,(H2,12,15). The van der Waals surface area contributed by atoms with Crippen molar-refractivity contribution < 1.29 is 0 Å². The molecule has 1 aromatic carbocycles. The highest BCUT2D eigenvalue weighted by molar-refractivity contribution is 7.80. The Kier molecular flexibility index (Phi) is 2.77. The molecule has 15 heavy (non-hydrogen) atoms. The second kappa shape index (κ2) is 4.06. The minimum Gasteiger partial charge on any atom is -0.375 e. The molecule has 1 aliphatic rings. The van der Waals surface area contributed by atoms with Crippen LogP contribution in [0.15, 0.2) is 24.3 Å². The molecule has 0 amide bonds. The van der Waals surface area contributed by atoms with Gasteiger partial charge in [0, 0.05) is 13.1 Å². The van der Waals surface area contributed by atoms with Gasteiger partial charge in [-0.3, -0.25) is 10.0 Å². The number of thiocarbonyl (C=S) groups is 1. The Bertz CT molecular complexity index is 361. The summed E-state index contributed by atoms with van der Waals surface area (Å²) in [5.74, 6) is 0. The lowest BCUT2D eigenvalue weighted by Gasteiger charge is -2.30. The highest BCUT2D eigenvalue weighted by Crippen LogP contribution is 2.21. The van der Waals surface area contributed by atoms with Gasteiger partial charge in [-0.25, -0.2) is 0 Å². The van der Waals surface area contributed by atoms with E-state index >= 15 is 0 Å². The number of hydrazine groups is 1. The van der Waals surface area contributed by atoms with Gasteiger partial charge >= 0.3 is 0 Å². The fraction of sp³-hybridized carbons (Fsp3) is 0.364. The Hall–Kier alpha value is -1.29. The van der Waals surface area contributed by atoms with Crippen LogP contribution in [0.5, 0.6) is 0 Å². The van der Waals surface area contributed by atoms with E-state index in [9.17, 15) is 0 Å². The predicted molar refractivity (Wildman–Crippen MR) is 66.6 cm³/mol. The zero-order chi connectivity index (χ0) is 10.8. The molecule has 0 spiro atoms. The normalized spacial score (nSPS) is 15.8. The van der Waals surface area contributed by atoms with E-state index in [1.54, 1.807) is 0 Å². The number of rotatable bonds is 1. The van der Waals surface area contributed by atoms with Gasteiger partial charge in [0.15, 0.2) is 5.11 Å². The highest BCUT2D eigenvalue weighted by Gasteiger charge is 2.22. The van der Waals surface area contributed by atoms with Gasteiger partial charge in [-0.05, 0) is 37.7 Å². The van der Waals surface area contributed by atoms with E-state index in [2.05, 4.69) is 36.2 Å². The third-order valence-corrected chi connectivity index (χ3v) is 2.83. The van der Waals surface area contributed by atoms with Gasteiger partial charge in [0.05, 0.1) is 5.69 Å². The fourth-order valence-corrected chi connectivity index (χ4v) is 2.02. The van der Waals surface area contributed by atoms with Crippen molar-refractivity contribution in [3.8, 4) is 0 Å². The van der Waals surface area contributed by atoms with Gasteiger partial charge in [0.2, 0.25) is 0 Å². The zero-order valence-electron chi connectivity index (χ0n) is 8.81. The van der Waals surface area contributed by atoms with Crippen molar-refractivity contribution >= 4 is 23.0 Å². The molecule has 0 unspecified atom stereocenters. The molecule has 0 saturated carbocycles. The molecule has 0 aliphatic carbocycles. The summed E-state index contributed by atoms with van der Waals surface area (Å²) in [4.78, 5) is 0. The molecule has 1 aliphatic heterocycles. The van der Waals surface area contributed by atoms with Crippen LogP contribution in [0.4, 0.5) is 5.69 Å². The Balaban J connectivity index is 2.22. The molecule has 0 aromatic heterocycles. The maximum Gasteiger partial charge on any atom is 0.185 e. The molecular weight excluding hydrogens is 206 g/mol. The van der Waals surface area contributed by atoms with E-state index in [0.29, 0.717) is 5.11 Å². The average Bonchev–Trinajstić information content (AvgIpc) is 2.67. The molecular formula is C11H15N3S. The first-order valence-corrected chi connectivity index (χ1v) is 5.50.